The van der Waals surface area contributed by atoms with Gasteiger partial charge in [-0.15, -0.1) is 11.6 Å². The SMILES string of the molecule is Cc1cc(Br)ccc1C(Cl)c1cc(Cl)cc2c1OCC2. The number of rotatable bonds is 2. The molecular weight excluding hydrogens is 359 g/mol. The molecule has 0 amide bonds. The number of aryl methyl sites for hydroxylation is 1. The predicted octanol–water partition coefficient (Wildman–Crippen LogP) is 5.67. The topological polar surface area (TPSA) is 9.23 Å². The molecule has 0 N–H and O–H groups in total. The fourth-order valence-corrected chi connectivity index (χ4v) is 3.71. The van der Waals surface area contributed by atoms with E-state index in [1.165, 1.54) is 0 Å². The predicted molar refractivity (Wildman–Crippen MR) is 87.2 cm³/mol. The quantitative estimate of drug-likeness (QED) is 0.617. The Morgan fingerprint density at radius 1 is 1.20 bits per heavy atom. The van der Waals surface area contributed by atoms with Crippen LogP contribution in [-0.2, 0) is 6.42 Å². The zero-order valence-corrected chi connectivity index (χ0v) is 14.0. The molecule has 0 bridgehead atoms. The van der Waals surface area contributed by atoms with Gasteiger partial charge in [-0.25, -0.2) is 0 Å². The molecule has 0 spiro atoms. The molecule has 0 saturated heterocycles. The first-order valence-corrected chi connectivity index (χ1v) is 8.02. The molecule has 0 radical (unpaired) electrons. The molecular formula is C16H13BrCl2O. The molecule has 2 aromatic carbocycles. The Bertz CT molecular complexity index is 670. The van der Waals surface area contributed by atoms with Crippen LogP contribution in [0.3, 0.4) is 0 Å². The van der Waals surface area contributed by atoms with Gasteiger partial charge in [0, 0.05) is 21.5 Å². The summed E-state index contributed by atoms with van der Waals surface area (Å²) in [6.45, 7) is 2.76. The largest absolute Gasteiger partial charge is 0.493 e. The average Bonchev–Trinajstić information content (AvgIpc) is 2.85. The lowest BCUT2D eigenvalue weighted by Crippen LogP contribution is -1.99. The van der Waals surface area contributed by atoms with Crippen molar-refractivity contribution in [3.8, 4) is 5.75 Å². The van der Waals surface area contributed by atoms with Crippen molar-refractivity contribution in [3.05, 3.63) is 62.1 Å². The Morgan fingerprint density at radius 2 is 2.00 bits per heavy atom. The number of benzene rings is 2. The number of alkyl halides is 1. The number of halogens is 3. The summed E-state index contributed by atoms with van der Waals surface area (Å²) in [5.41, 5.74) is 4.32. The maximum absolute atomic E-state index is 6.69. The van der Waals surface area contributed by atoms with Gasteiger partial charge < -0.3 is 4.74 Å². The van der Waals surface area contributed by atoms with Crippen LogP contribution < -0.4 is 4.74 Å². The first-order chi connectivity index (χ1) is 9.56. The molecule has 0 aromatic heterocycles. The van der Waals surface area contributed by atoms with Crippen LogP contribution in [0.25, 0.3) is 0 Å². The molecule has 1 aliphatic rings. The van der Waals surface area contributed by atoms with Crippen molar-refractivity contribution in [1.29, 1.82) is 0 Å². The number of hydrogen-bond donors (Lipinski definition) is 0. The van der Waals surface area contributed by atoms with E-state index in [4.69, 9.17) is 27.9 Å². The Labute approximate surface area is 137 Å². The van der Waals surface area contributed by atoms with Gasteiger partial charge in [0.05, 0.1) is 12.0 Å². The monoisotopic (exact) mass is 370 g/mol. The molecule has 104 valence electrons. The van der Waals surface area contributed by atoms with Crippen molar-refractivity contribution in [2.75, 3.05) is 6.61 Å². The molecule has 1 heterocycles. The third-order valence-corrected chi connectivity index (χ3v) is 4.74. The maximum Gasteiger partial charge on any atom is 0.127 e. The van der Waals surface area contributed by atoms with E-state index in [-0.39, 0.29) is 5.38 Å². The molecule has 1 unspecified atom stereocenters. The summed E-state index contributed by atoms with van der Waals surface area (Å²) < 4.78 is 6.79. The lowest BCUT2D eigenvalue weighted by molar-refractivity contribution is 0.353. The van der Waals surface area contributed by atoms with E-state index in [1.807, 2.05) is 24.3 Å². The van der Waals surface area contributed by atoms with Gasteiger partial charge in [-0.3, -0.25) is 0 Å². The summed E-state index contributed by atoms with van der Waals surface area (Å²) in [5.74, 6) is 0.900. The molecule has 0 saturated carbocycles. The van der Waals surface area contributed by atoms with Crippen LogP contribution in [0.1, 0.15) is 27.6 Å². The van der Waals surface area contributed by atoms with Crippen LogP contribution in [-0.4, -0.2) is 6.61 Å². The van der Waals surface area contributed by atoms with E-state index in [1.54, 1.807) is 0 Å². The van der Waals surface area contributed by atoms with Crippen LogP contribution in [0.5, 0.6) is 5.75 Å². The van der Waals surface area contributed by atoms with Gasteiger partial charge in [-0.1, -0.05) is 33.6 Å². The molecule has 2 aromatic rings. The average molecular weight is 372 g/mol. The summed E-state index contributed by atoms with van der Waals surface area (Å²) in [7, 11) is 0. The van der Waals surface area contributed by atoms with E-state index in [0.717, 1.165) is 38.9 Å². The Hall–Kier alpha value is -0.700. The van der Waals surface area contributed by atoms with Crippen molar-refractivity contribution in [1.82, 2.24) is 0 Å². The second-order valence-electron chi connectivity index (χ2n) is 4.95. The lowest BCUT2D eigenvalue weighted by atomic mass is 9.97. The highest BCUT2D eigenvalue weighted by molar-refractivity contribution is 9.10. The van der Waals surface area contributed by atoms with Gasteiger partial charge in [-0.2, -0.15) is 0 Å². The second-order valence-corrected chi connectivity index (χ2v) is 6.73. The molecule has 4 heteroatoms. The second kappa shape index (κ2) is 5.59. The minimum absolute atomic E-state index is 0.256. The Morgan fingerprint density at radius 3 is 2.75 bits per heavy atom. The summed E-state index contributed by atoms with van der Waals surface area (Å²) in [6.07, 6.45) is 0.895. The smallest absolute Gasteiger partial charge is 0.127 e. The molecule has 0 fully saturated rings. The van der Waals surface area contributed by atoms with Crippen molar-refractivity contribution >= 4 is 39.1 Å². The van der Waals surface area contributed by atoms with Crippen molar-refractivity contribution in [2.24, 2.45) is 0 Å². The van der Waals surface area contributed by atoms with Crippen molar-refractivity contribution in [3.63, 3.8) is 0 Å². The highest BCUT2D eigenvalue weighted by Crippen LogP contribution is 2.42. The summed E-state index contributed by atoms with van der Waals surface area (Å²) >= 11 is 16.4. The third kappa shape index (κ3) is 2.57. The van der Waals surface area contributed by atoms with Crippen LogP contribution in [0.2, 0.25) is 5.02 Å². The zero-order chi connectivity index (χ0) is 14.3. The van der Waals surface area contributed by atoms with Crippen molar-refractivity contribution in [2.45, 2.75) is 18.7 Å². The van der Waals surface area contributed by atoms with Crippen LogP contribution in [0, 0.1) is 6.92 Å². The lowest BCUT2D eigenvalue weighted by Gasteiger charge is -2.17. The summed E-state index contributed by atoms with van der Waals surface area (Å²) in [5, 5.41) is 0.457. The number of fused-ring (bicyclic) bond motifs is 1. The summed E-state index contributed by atoms with van der Waals surface area (Å²) in [4.78, 5) is 0. The van der Waals surface area contributed by atoms with E-state index >= 15 is 0 Å². The highest BCUT2D eigenvalue weighted by atomic mass is 79.9. The molecule has 1 nitrogen and oxygen atoms in total. The standard InChI is InChI=1S/C16H13BrCl2O/c1-9-6-11(17)2-3-13(9)15(19)14-8-12(18)7-10-4-5-20-16(10)14/h2-3,6-8,15H,4-5H2,1H3. The van der Waals surface area contributed by atoms with Gasteiger partial charge in [0.15, 0.2) is 0 Å². The minimum Gasteiger partial charge on any atom is -0.493 e. The van der Waals surface area contributed by atoms with Gasteiger partial charge in [-0.05, 0) is 47.9 Å². The molecule has 1 aliphatic heterocycles. The molecule has 3 rings (SSSR count). The normalized spacial score (nSPS) is 14.8. The Balaban J connectivity index is 2.09. The first kappa shape index (κ1) is 14.2. The van der Waals surface area contributed by atoms with E-state index in [0.29, 0.717) is 11.6 Å². The Kier molecular flexibility index (Phi) is 3.98. The number of ether oxygens (including phenoxy) is 1. The maximum atomic E-state index is 6.69. The minimum atomic E-state index is -0.256. The van der Waals surface area contributed by atoms with E-state index < -0.39 is 0 Å². The zero-order valence-electron chi connectivity index (χ0n) is 10.9. The third-order valence-electron chi connectivity index (χ3n) is 3.56. The molecule has 1 atom stereocenters. The van der Waals surface area contributed by atoms with Crippen molar-refractivity contribution < 1.29 is 4.74 Å². The van der Waals surface area contributed by atoms with Gasteiger partial charge >= 0.3 is 0 Å². The fraction of sp³-hybridized carbons (Fsp3) is 0.250. The first-order valence-electron chi connectivity index (χ1n) is 6.41. The fourth-order valence-electron chi connectivity index (χ4n) is 2.58. The van der Waals surface area contributed by atoms with Crippen LogP contribution in [0.4, 0.5) is 0 Å². The van der Waals surface area contributed by atoms with Gasteiger partial charge in [0.25, 0.3) is 0 Å². The van der Waals surface area contributed by atoms with Gasteiger partial charge in [0.1, 0.15) is 5.75 Å². The molecule has 20 heavy (non-hydrogen) atoms. The van der Waals surface area contributed by atoms with Crippen LogP contribution >= 0.6 is 39.1 Å². The molecule has 0 aliphatic carbocycles. The number of hydrogen-bond acceptors (Lipinski definition) is 1. The summed E-state index contributed by atoms with van der Waals surface area (Å²) in [6, 6.07) is 9.98. The van der Waals surface area contributed by atoms with Gasteiger partial charge in [0.2, 0.25) is 0 Å². The van der Waals surface area contributed by atoms with Crippen LogP contribution in [0.15, 0.2) is 34.8 Å². The van der Waals surface area contributed by atoms with E-state index in [9.17, 15) is 0 Å². The van der Waals surface area contributed by atoms with E-state index in [2.05, 4.69) is 28.9 Å². The highest BCUT2D eigenvalue weighted by Gasteiger charge is 2.24.